The van der Waals surface area contributed by atoms with E-state index in [2.05, 4.69) is 0 Å². The van der Waals surface area contributed by atoms with E-state index >= 15 is 0 Å². The summed E-state index contributed by atoms with van der Waals surface area (Å²) in [5.74, 6) is -1.37. The summed E-state index contributed by atoms with van der Waals surface area (Å²) >= 11 is 0. The minimum Gasteiger partial charge on any atom is -0.273 e. The van der Waals surface area contributed by atoms with Gasteiger partial charge in [-0.05, 0) is 54.4 Å². The lowest BCUT2D eigenvalue weighted by Crippen LogP contribution is -2.37. The number of hydrogen-bond acceptors (Lipinski definition) is 5. The predicted octanol–water partition coefficient (Wildman–Crippen LogP) is 3.92. The van der Waals surface area contributed by atoms with Gasteiger partial charge in [-0.2, -0.15) is 5.26 Å². The maximum absolute atomic E-state index is 13.6. The summed E-state index contributed by atoms with van der Waals surface area (Å²) in [5, 5.41) is 10.7. The van der Waals surface area contributed by atoms with Crippen LogP contribution in [-0.2, 0) is 14.4 Å². The SMILES string of the molecule is Cc1ccccc1[C@H]1[C@@H]2C(=O)N(c3ccc(C#N)cc3)C(=O)[C@H]2ON1c1ccccc1. The minimum absolute atomic E-state index is 0.300. The second-order valence-electron chi connectivity index (χ2n) is 7.69. The molecule has 0 radical (unpaired) electrons. The van der Waals surface area contributed by atoms with E-state index in [0.717, 1.165) is 16.8 Å². The van der Waals surface area contributed by atoms with Crippen LogP contribution in [0, 0.1) is 24.2 Å². The van der Waals surface area contributed by atoms with Gasteiger partial charge >= 0.3 is 0 Å². The third kappa shape index (κ3) is 2.98. The molecule has 2 fully saturated rings. The molecule has 152 valence electrons. The van der Waals surface area contributed by atoms with Gasteiger partial charge in [0.15, 0.2) is 6.10 Å². The lowest BCUT2D eigenvalue weighted by molar-refractivity contribution is -0.126. The van der Waals surface area contributed by atoms with E-state index < -0.39 is 24.0 Å². The van der Waals surface area contributed by atoms with Crippen LogP contribution in [0.2, 0.25) is 0 Å². The van der Waals surface area contributed by atoms with Crippen molar-refractivity contribution in [3.05, 3.63) is 95.6 Å². The molecule has 3 aromatic carbocycles. The molecule has 3 aromatic rings. The Morgan fingerprint density at radius 1 is 0.839 bits per heavy atom. The van der Waals surface area contributed by atoms with Crippen LogP contribution in [0.25, 0.3) is 0 Å². The number of benzene rings is 3. The number of hydrogen-bond donors (Lipinski definition) is 0. The topological polar surface area (TPSA) is 73.6 Å². The van der Waals surface area contributed by atoms with Gasteiger partial charge < -0.3 is 0 Å². The molecule has 2 aliphatic rings. The maximum Gasteiger partial charge on any atom is 0.266 e. The molecule has 0 unspecified atom stereocenters. The van der Waals surface area contributed by atoms with Crippen LogP contribution in [0.3, 0.4) is 0 Å². The van der Waals surface area contributed by atoms with Crippen molar-refractivity contribution in [1.29, 1.82) is 5.26 Å². The number of nitrogens with zero attached hydrogens (tertiary/aromatic N) is 3. The Balaban J connectivity index is 1.59. The molecule has 2 aliphatic heterocycles. The number of imide groups is 1. The van der Waals surface area contributed by atoms with Crippen molar-refractivity contribution in [2.45, 2.75) is 19.1 Å². The van der Waals surface area contributed by atoms with Crippen molar-refractivity contribution >= 4 is 23.2 Å². The molecule has 2 heterocycles. The lowest BCUT2D eigenvalue weighted by Gasteiger charge is -2.29. The molecule has 5 rings (SSSR count). The van der Waals surface area contributed by atoms with E-state index in [4.69, 9.17) is 10.1 Å². The molecule has 6 heteroatoms. The van der Waals surface area contributed by atoms with E-state index in [1.165, 1.54) is 4.90 Å². The summed E-state index contributed by atoms with van der Waals surface area (Å²) in [6.07, 6.45) is -0.909. The normalized spacial score (nSPS) is 22.5. The first kappa shape index (κ1) is 19.0. The largest absolute Gasteiger partial charge is 0.273 e. The van der Waals surface area contributed by atoms with E-state index in [-0.39, 0.29) is 5.91 Å². The molecule has 0 aromatic heterocycles. The van der Waals surface area contributed by atoms with Crippen LogP contribution in [0.1, 0.15) is 22.7 Å². The van der Waals surface area contributed by atoms with E-state index in [1.54, 1.807) is 29.3 Å². The summed E-state index contributed by atoms with van der Waals surface area (Å²) in [4.78, 5) is 34.2. The second-order valence-corrected chi connectivity index (χ2v) is 7.69. The fourth-order valence-electron chi connectivity index (χ4n) is 4.39. The average molecular weight is 409 g/mol. The minimum atomic E-state index is -0.909. The average Bonchev–Trinajstić information content (AvgIpc) is 3.31. The van der Waals surface area contributed by atoms with E-state index in [1.807, 2.05) is 67.6 Å². The van der Waals surface area contributed by atoms with Crippen molar-refractivity contribution in [2.75, 3.05) is 9.96 Å². The zero-order valence-electron chi connectivity index (χ0n) is 16.8. The number of para-hydroxylation sites is 1. The van der Waals surface area contributed by atoms with Gasteiger partial charge in [0.1, 0.15) is 5.92 Å². The smallest absolute Gasteiger partial charge is 0.266 e. The van der Waals surface area contributed by atoms with Gasteiger partial charge in [-0.25, -0.2) is 9.96 Å². The van der Waals surface area contributed by atoms with Crippen LogP contribution < -0.4 is 9.96 Å². The zero-order chi connectivity index (χ0) is 21.5. The molecule has 31 heavy (non-hydrogen) atoms. The molecule has 0 aliphatic carbocycles. The molecule has 2 saturated heterocycles. The number of carbonyl (C=O) groups excluding carboxylic acids is 2. The molecule has 2 amide bonds. The highest BCUT2D eigenvalue weighted by Crippen LogP contribution is 2.48. The molecule has 0 bridgehead atoms. The number of aryl methyl sites for hydroxylation is 1. The van der Waals surface area contributed by atoms with Gasteiger partial charge in [0.25, 0.3) is 5.91 Å². The van der Waals surface area contributed by atoms with Crippen molar-refractivity contribution in [3.63, 3.8) is 0 Å². The van der Waals surface area contributed by atoms with Crippen LogP contribution in [0.15, 0.2) is 78.9 Å². The summed E-state index contributed by atoms with van der Waals surface area (Å²) in [7, 11) is 0. The Kier molecular flexibility index (Phi) is 4.54. The number of amides is 2. The van der Waals surface area contributed by atoms with Crippen molar-refractivity contribution < 1.29 is 14.4 Å². The standard InChI is InChI=1S/C25H19N3O3/c1-16-7-5-6-10-20(16)22-21-23(31-28(22)19-8-3-2-4-9-19)25(30)27(24(21)29)18-13-11-17(15-26)12-14-18/h2-14,21-23H,1H3/t21-,22-,23-/m0/s1. The highest BCUT2D eigenvalue weighted by Gasteiger charge is 2.60. The lowest BCUT2D eigenvalue weighted by atomic mass is 9.88. The Morgan fingerprint density at radius 3 is 2.19 bits per heavy atom. The van der Waals surface area contributed by atoms with Crippen molar-refractivity contribution in [3.8, 4) is 6.07 Å². The fourth-order valence-corrected chi connectivity index (χ4v) is 4.39. The summed E-state index contributed by atoms with van der Waals surface area (Å²) in [6, 6.07) is 25.4. The molecule has 3 atom stereocenters. The van der Waals surface area contributed by atoms with Gasteiger partial charge in [-0.3, -0.25) is 14.4 Å². The third-order valence-electron chi connectivity index (χ3n) is 5.89. The van der Waals surface area contributed by atoms with Crippen molar-refractivity contribution in [2.24, 2.45) is 5.92 Å². The monoisotopic (exact) mass is 409 g/mol. The molecule has 6 nitrogen and oxygen atoms in total. The first-order valence-corrected chi connectivity index (χ1v) is 10.0. The van der Waals surface area contributed by atoms with Crippen LogP contribution in [-0.4, -0.2) is 17.9 Å². The Hall–Kier alpha value is -3.95. The van der Waals surface area contributed by atoms with E-state index in [9.17, 15) is 9.59 Å². The molecule has 0 saturated carbocycles. The van der Waals surface area contributed by atoms with Gasteiger partial charge in [0.2, 0.25) is 5.91 Å². The fraction of sp³-hybridized carbons (Fsp3) is 0.160. The van der Waals surface area contributed by atoms with Crippen LogP contribution in [0.4, 0.5) is 11.4 Å². The first-order valence-electron chi connectivity index (χ1n) is 10.0. The van der Waals surface area contributed by atoms with Gasteiger partial charge in [0, 0.05) is 0 Å². The quantitative estimate of drug-likeness (QED) is 0.613. The number of hydroxylamine groups is 1. The Morgan fingerprint density at radius 2 is 1.52 bits per heavy atom. The number of fused-ring (bicyclic) bond motifs is 1. The van der Waals surface area contributed by atoms with Crippen molar-refractivity contribution in [1.82, 2.24) is 0 Å². The number of carbonyl (C=O) groups is 2. The zero-order valence-corrected chi connectivity index (χ0v) is 16.8. The van der Waals surface area contributed by atoms with Gasteiger partial charge in [0.05, 0.1) is 29.0 Å². The van der Waals surface area contributed by atoms with Crippen LogP contribution in [0.5, 0.6) is 0 Å². The number of anilines is 2. The number of nitriles is 1. The Labute approximate surface area is 179 Å². The summed E-state index contributed by atoms with van der Waals surface area (Å²) in [6.45, 7) is 1.99. The molecule has 0 spiro atoms. The number of rotatable bonds is 3. The van der Waals surface area contributed by atoms with E-state index in [0.29, 0.717) is 11.3 Å². The first-order chi connectivity index (χ1) is 15.1. The molecular weight excluding hydrogens is 390 g/mol. The second kappa shape index (κ2) is 7.38. The van der Waals surface area contributed by atoms with Crippen LogP contribution >= 0.6 is 0 Å². The predicted molar refractivity (Wildman–Crippen MR) is 115 cm³/mol. The Bertz CT molecular complexity index is 1200. The third-order valence-corrected chi connectivity index (χ3v) is 5.89. The maximum atomic E-state index is 13.6. The summed E-state index contributed by atoms with van der Waals surface area (Å²) < 4.78 is 0. The van der Waals surface area contributed by atoms with Gasteiger partial charge in [-0.15, -0.1) is 0 Å². The molecule has 0 N–H and O–H groups in total. The highest BCUT2D eigenvalue weighted by atomic mass is 16.7. The summed E-state index contributed by atoms with van der Waals surface area (Å²) in [5.41, 5.74) is 3.67. The highest BCUT2D eigenvalue weighted by molar-refractivity contribution is 6.23. The molecular formula is C25H19N3O3. The van der Waals surface area contributed by atoms with Gasteiger partial charge in [-0.1, -0.05) is 42.5 Å².